The van der Waals surface area contributed by atoms with Gasteiger partial charge in [0.25, 0.3) is 5.91 Å². The van der Waals surface area contributed by atoms with Gasteiger partial charge in [-0.05, 0) is 26.7 Å². The maximum Gasteiger partial charge on any atom is 0.255 e. The number of nitrogens with two attached hydrogens (primary N) is 1. The number of nitrogens with zero attached hydrogens (tertiary/aromatic N) is 2. The molecule has 1 aromatic heterocycles. The molecule has 1 aromatic rings. The molecule has 1 saturated carbocycles. The Morgan fingerprint density at radius 3 is 2.61 bits per heavy atom. The van der Waals surface area contributed by atoms with E-state index < -0.39 is 0 Å². The van der Waals surface area contributed by atoms with Crippen LogP contribution in [0.5, 0.6) is 0 Å². The lowest BCUT2D eigenvalue weighted by atomic mass is 9.91. The fourth-order valence-electron chi connectivity index (χ4n) is 2.68. The number of rotatable bonds is 2. The highest BCUT2D eigenvalue weighted by atomic mass is 16.1. The van der Waals surface area contributed by atoms with Crippen molar-refractivity contribution in [2.24, 2.45) is 12.8 Å². The largest absolute Gasteiger partial charge is 0.348 e. The standard InChI is InChI=1S/C13H22N4O/c1-8-12(9(2)17(3)16-8)13(18)15-11-7-5-4-6-10(11)14/h10-11H,4-7,14H2,1-3H3,(H,15,18). The van der Waals surface area contributed by atoms with Gasteiger partial charge in [-0.25, -0.2) is 0 Å². The second-order valence-electron chi connectivity index (χ2n) is 5.20. The minimum atomic E-state index is -0.0413. The molecule has 3 N–H and O–H groups in total. The van der Waals surface area contributed by atoms with Crippen molar-refractivity contribution in [3.8, 4) is 0 Å². The molecule has 0 aromatic carbocycles. The quantitative estimate of drug-likeness (QED) is 0.823. The molecule has 0 saturated heterocycles. The van der Waals surface area contributed by atoms with E-state index in [-0.39, 0.29) is 18.0 Å². The minimum Gasteiger partial charge on any atom is -0.348 e. The van der Waals surface area contributed by atoms with Crippen LogP contribution >= 0.6 is 0 Å². The molecule has 2 atom stereocenters. The van der Waals surface area contributed by atoms with Gasteiger partial charge in [0.2, 0.25) is 0 Å². The number of nitrogens with one attached hydrogen (secondary N) is 1. The van der Waals surface area contributed by atoms with Crippen LogP contribution in [0, 0.1) is 13.8 Å². The van der Waals surface area contributed by atoms with E-state index in [1.165, 1.54) is 6.42 Å². The monoisotopic (exact) mass is 250 g/mol. The molecule has 0 aliphatic heterocycles. The number of aromatic nitrogens is 2. The zero-order chi connectivity index (χ0) is 13.3. The van der Waals surface area contributed by atoms with Crippen molar-refractivity contribution in [2.45, 2.75) is 51.6 Å². The lowest BCUT2D eigenvalue weighted by molar-refractivity contribution is 0.0920. The number of aryl methyl sites for hydroxylation is 2. The first kappa shape index (κ1) is 13.1. The van der Waals surface area contributed by atoms with Gasteiger partial charge in [0, 0.05) is 24.8 Å². The first-order chi connectivity index (χ1) is 8.50. The van der Waals surface area contributed by atoms with Crippen LogP contribution in [0.25, 0.3) is 0 Å². The van der Waals surface area contributed by atoms with Gasteiger partial charge in [0.1, 0.15) is 0 Å². The van der Waals surface area contributed by atoms with Gasteiger partial charge in [0.05, 0.1) is 11.3 Å². The van der Waals surface area contributed by atoms with Gasteiger partial charge in [0.15, 0.2) is 0 Å². The molecule has 1 fully saturated rings. The van der Waals surface area contributed by atoms with Crippen LogP contribution in [0.2, 0.25) is 0 Å². The van der Waals surface area contributed by atoms with Crippen molar-refractivity contribution >= 4 is 5.91 Å². The molecule has 0 spiro atoms. The highest BCUT2D eigenvalue weighted by molar-refractivity contribution is 5.96. The second-order valence-corrected chi connectivity index (χ2v) is 5.20. The summed E-state index contributed by atoms with van der Waals surface area (Å²) >= 11 is 0. The van der Waals surface area contributed by atoms with Crippen molar-refractivity contribution in [3.05, 3.63) is 17.0 Å². The molecule has 2 unspecified atom stereocenters. The molecule has 0 bridgehead atoms. The Morgan fingerprint density at radius 2 is 2.06 bits per heavy atom. The van der Waals surface area contributed by atoms with Crippen LogP contribution in [0.15, 0.2) is 0 Å². The Kier molecular flexibility index (Phi) is 3.71. The third-order valence-electron chi connectivity index (χ3n) is 3.87. The van der Waals surface area contributed by atoms with E-state index in [2.05, 4.69) is 10.4 Å². The Hall–Kier alpha value is -1.36. The van der Waals surface area contributed by atoms with E-state index in [0.29, 0.717) is 5.56 Å². The molecule has 100 valence electrons. The van der Waals surface area contributed by atoms with E-state index in [1.807, 2.05) is 20.9 Å². The van der Waals surface area contributed by atoms with Gasteiger partial charge in [-0.1, -0.05) is 12.8 Å². The average Bonchev–Trinajstić information content (AvgIpc) is 2.56. The highest BCUT2D eigenvalue weighted by Crippen LogP contribution is 2.18. The van der Waals surface area contributed by atoms with E-state index in [0.717, 1.165) is 30.7 Å². The van der Waals surface area contributed by atoms with Crippen LogP contribution < -0.4 is 11.1 Å². The Morgan fingerprint density at radius 1 is 1.39 bits per heavy atom. The minimum absolute atomic E-state index is 0.0413. The van der Waals surface area contributed by atoms with Gasteiger partial charge >= 0.3 is 0 Å². The summed E-state index contributed by atoms with van der Waals surface area (Å²) in [6.07, 6.45) is 4.28. The lowest BCUT2D eigenvalue weighted by Gasteiger charge is -2.29. The smallest absolute Gasteiger partial charge is 0.255 e. The molecule has 1 aliphatic rings. The number of hydrogen-bond donors (Lipinski definition) is 2. The molecule has 5 heteroatoms. The second kappa shape index (κ2) is 5.10. The summed E-state index contributed by atoms with van der Waals surface area (Å²) < 4.78 is 1.74. The van der Waals surface area contributed by atoms with Gasteiger partial charge in [-0.15, -0.1) is 0 Å². The molecule has 2 rings (SSSR count). The van der Waals surface area contributed by atoms with Crippen LogP contribution in [-0.4, -0.2) is 27.8 Å². The molecule has 0 radical (unpaired) electrons. The molecular formula is C13H22N4O. The molecule has 1 aliphatic carbocycles. The van der Waals surface area contributed by atoms with Gasteiger partial charge in [-0.2, -0.15) is 5.10 Å². The molecule has 5 nitrogen and oxygen atoms in total. The van der Waals surface area contributed by atoms with E-state index in [1.54, 1.807) is 4.68 Å². The average molecular weight is 250 g/mol. The third kappa shape index (κ3) is 2.41. The van der Waals surface area contributed by atoms with Gasteiger partial charge in [-0.3, -0.25) is 9.48 Å². The Bertz CT molecular complexity index is 452. The third-order valence-corrected chi connectivity index (χ3v) is 3.87. The van der Waals surface area contributed by atoms with Crippen LogP contribution in [-0.2, 0) is 7.05 Å². The first-order valence-electron chi connectivity index (χ1n) is 6.57. The predicted molar refractivity (Wildman–Crippen MR) is 70.4 cm³/mol. The maximum atomic E-state index is 12.3. The van der Waals surface area contributed by atoms with Crippen molar-refractivity contribution in [2.75, 3.05) is 0 Å². The fourth-order valence-corrected chi connectivity index (χ4v) is 2.68. The van der Waals surface area contributed by atoms with Crippen LogP contribution in [0.4, 0.5) is 0 Å². The zero-order valence-electron chi connectivity index (χ0n) is 11.4. The summed E-state index contributed by atoms with van der Waals surface area (Å²) in [7, 11) is 1.85. The first-order valence-corrected chi connectivity index (χ1v) is 6.57. The van der Waals surface area contributed by atoms with Crippen molar-refractivity contribution in [1.29, 1.82) is 0 Å². The van der Waals surface area contributed by atoms with Crippen LogP contribution in [0.3, 0.4) is 0 Å². The Balaban J connectivity index is 2.12. The maximum absolute atomic E-state index is 12.3. The summed E-state index contributed by atoms with van der Waals surface area (Å²) in [6, 6.07) is 0.185. The normalized spacial score (nSPS) is 24.0. The lowest BCUT2D eigenvalue weighted by Crippen LogP contribution is -2.49. The van der Waals surface area contributed by atoms with E-state index >= 15 is 0 Å². The molecule has 1 heterocycles. The zero-order valence-corrected chi connectivity index (χ0v) is 11.4. The number of hydrogen-bond acceptors (Lipinski definition) is 3. The molecule has 18 heavy (non-hydrogen) atoms. The summed E-state index contributed by atoms with van der Waals surface area (Å²) in [6.45, 7) is 3.78. The topological polar surface area (TPSA) is 72.9 Å². The Labute approximate surface area is 108 Å². The van der Waals surface area contributed by atoms with Gasteiger partial charge < -0.3 is 11.1 Å². The SMILES string of the molecule is Cc1nn(C)c(C)c1C(=O)NC1CCCCC1N. The summed E-state index contributed by atoms with van der Waals surface area (Å²) in [5, 5.41) is 7.33. The summed E-state index contributed by atoms with van der Waals surface area (Å²) in [5.41, 5.74) is 8.41. The predicted octanol–water partition coefficient (Wildman–Crippen LogP) is 1.04. The van der Waals surface area contributed by atoms with E-state index in [9.17, 15) is 4.79 Å². The summed E-state index contributed by atoms with van der Waals surface area (Å²) in [4.78, 5) is 12.3. The van der Waals surface area contributed by atoms with Crippen molar-refractivity contribution in [3.63, 3.8) is 0 Å². The molecule has 1 amide bonds. The number of amides is 1. The fraction of sp³-hybridized carbons (Fsp3) is 0.692. The van der Waals surface area contributed by atoms with Crippen LogP contribution in [0.1, 0.15) is 47.4 Å². The summed E-state index contributed by atoms with van der Waals surface area (Å²) in [5.74, 6) is -0.0413. The van der Waals surface area contributed by atoms with Crippen molar-refractivity contribution < 1.29 is 4.79 Å². The van der Waals surface area contributed by atoms with Crippen molar-refractivity contribution in [1.82, 2.24) is 15.1 Å². The number of carbonyl (C=O) groups is 1. The molecular weight excluding hydrogens is 228 g/mol. The highest BCUT2D eigenvalue weighted by Gasteiger charge is 2.26. The number of carbonyl (C=O) groups excluding carboxylic acids is 1. The van der Waals surface area contributed by atoms with E-state index in [4.69, 9.17) is 5.73 Å².